The number of nitrogens with one attached hydrogen (secondary N) is 2. The minimum atomic E-state index is -3.68. The maximum atomic E-state index is 11.9. The Morgan fingerprint density at radius 2 is 2.20 bits per heavy atom. The Bertz CT molecular complexity index is 717. The van der Waals surface area contributed by atoms with E-state index in [-0.39, 0.29) is 16.9 Å². The van der Waals surface area contributed by atoms with Crippen LogP contribution in [-0.2, 0) is 10.0 Å². The van der Waals surface area contributed by atoms with Crippen LogP contribution < -0.4 is 10.0 Å². The number of amides is 1. The molecule has 2 N–H and O–H groups in total. The third-order valence-corrected chi connectivity index (χ3v) is 4.70. The number of rotatable bonds is 5. The van der Waals surface area contributed by atoms with Gasteiger partial charge in [0, 0.05) is 17.6 Å². The van der Waals surface area contributed by atoms with Crippen molar-refractivity contribution >= 4 is 32.4 Å². The minimum Gasteiger partial charge on any atom is -0.438 e. The highest BCUT2D eigenvalue weighted by Crippen LogP contribution is 2.23. The first kappa shape index (κ1) is 13.3. The van der Waals surface area contributed by atoms with E-state index >= 15 is 0 Å². The van der Waals surface area contributed by atoms with E-state index in [4.69, 9.17) is 4.42 Å². The quantitative estimate of drug-likeness (QED) is 0.869. The molecule has 106 valence electrons. The van der Waals surface area contributed by atoms with Crippen LogP contribution in [0, 0.1) is 0 Å². The number of hydrogen-bond donors (Lipinski definition) is 2. The normalized spacial score (nSPS) is 15.2. The van der Waals surface area contributed by atoms with Gasteiger partial charge in [-0.2, -0.15) is 0 Å². The van der Waals surface area contributed by atoms with Crippen molar-refractivity contribution in [3.63, 3.8) is 0 Å². The summed E-state index contributed by atoms with van der Waals surface area (Å²) in [6.07, 6.45) is 3.21. The van der Waals surface area contributed by atoms with E-state index in [2.05, 4.69) is 15.0 Å². The second kappa shape index (κ2) is 5.00. The summed E-state index contributed by atoms with van der Waals surface area (Å²) in [5.74, 6) is -0.607. The second-order valence-corrected chi connectivity index (χ2v) is 6.85. The molecule has 0 saturated heterocycles. The van der Waals surface area contributed by atoms with Gasteiger partial charge in [0.25, 0.3) is 15.9 Å². The van der Waals surface area contributed by atoms with Gasteiger partial charge in [0.2, 0.25) is 5.09 Å². The molecule has 0 aromatic carbocycles. The average Bonchev–Trinajstić information content (AvgIpc) is 2.91. The summed E-state index contributed by atoms with van der Waals surface area (Å²) in [5, 5.41) is 4.40. The standard InChI is InChI=1S/C11H11N3O4S2/c15-10(13-11-12-5-6-19-11)8-3-4-9(18-8)20(16,17)14-7-1-2-7/h3-7,14H,1-2H2,(H,12,13,15). The Morgan fingerprint density at radius 1 is 1.40 bits per heavy atom. The van der Waals surface area contributed by atoms with Crippen molar-refractivity contribution in [1.29, 1.82) is 0 Å². The van der Waals surface area contributed by atoms with E-state index in [1.165, 1.54) is 23.5 Å². The first-order chi connectivity index (χ1) is 9.54. The molecule has 7 nitrogen and oxygen atoms in total. The molecule has 0 bridgehead atoms. The first-order valence-electron chi connectivity index (χ1n) is 5.87. The van der Waals surface area contributed by atoms with Crippen LogP contribution in [0.15, 0.2) is 33.2 Å². The number of aromatic nitrogens is 1. The van der Waals surface area contributed by atoms with E-state index < -0.39 is 15.9 Å². The predicted octanol–water partition coefficient (Wildman–Crippen LogP) is 1.43. The fourth-order valence-corrected chi connectivity index (χ4v) is 3.27. The lowest BCUT2D eigenvalue weighted by Crippen LogP contribution is -2.25. The number of carbonyl (C=O) groups is 1. The van der Waals surface area contributed by atoms with E-state index in [0.29, 0.717) is 5.13 Å². The largest absolute Gasteiger partial charge is 0.438 e. The van der Waals surface area contributed by atoms with Crippen molar-refractivity contribution in [2.45, 2.75) is 24.0 Å². The summed E-state index contributed by atoms with van der Waals surface area (Å²) in [7, 11) is -3.68. The maximum Gasteiger partial charge on any atom is 0.293 e. The lowest BCUT2D eigenvalue weighted by Gasteiger charge is -2.01. The second-order valence-electron chi connectivity index (χ2n) is 4.31. The Morgan fingerprint density at radius 3 is 2.85 bits per heavy atom. The van der Waals surface area contributed by atoms with Crippen LogP contribution in [0.25, 0.3) is 0 Å². The van der Waals surface area contributed by atoms with Crippen LogP contribution in [0.2, 0.25) is 0 Å². The summed E-state index contributed by atoms with van der Waals surface area (Å²) in [4.78, 5) is 15.7. The fraction of sp³-hybridized carbons (Fsp3) is 0.273. The van der Waals surface area contributed by atoms with Gasteiger partial charge in [-0.3, -0.25) is 10.1 Å². The van der Waals surface area contributed by atoms with Gasteiger partial charge in [0.05, 0.1) is 0 Å². The zero-order valence-corrected chi connectivity index (χ0v) is 11.8. The van der Waals surface area contributed by atoms with Gasteiger partial charge >= 0.3 is 0 Å². The molecule has 0 aliphatic heterocycles. The highest BCUT2D eigenvalue weighted by atomic mass is 32.2. The van der Waals surface area contributed by atoms with Crippen molar-refractivity contribution < 1.29 is 17.6 Å². The molecule has 1 fully saturated rings. The van der Waals surface area contributed by atoms with Crippen LogP contribution in [0.5, 0.6) is 0 Å². The number of sulfonamides is 1. The zero-order chi connectivity index (χ0) is 14.2. The predicted molar refractivity (Wildman–Crippen MR) is 72.1 cm³/mol. The smallest absolute Gasteiger partial charge is 0.293 e. The SMILES string of the molecule is O=C(Nc1nccs1)c1ccc(S(=O)(=O)NC2CC2)o1. The molecule has 1 aliphatic carbocycles. The molecule has 0 unspecified atom stereocenters. The number of thiazole rings is 1. The summed E-state index contributed by atoms with van der Waals surface area (Å²) in [6, 6.07) is 2.57. The maximum absolute atomic E-state index is 11.9. The van der Waals surface area contributed by atoms with Crippen molar-refractivity contribution in [2.24, 2.45) is 0 Å². The number of nitrogens with zero attached hydrogens (tertiary/aromatic N) is 1. The third kappa shape index (κ3) is 2.89. The van der Waals surface area contributed by atoms with Gasteiger partial charge in [0.15, 0.2) is 10.9 Å². The molecular weight excluding hydrogens is 302 g/mol. The summed E-state index contributed by atoms with van der Waals surface area (Å²) >= 11 is 1.26. The van der Waals surface area contributed by atoms with E-state index in [0.717, 1.165) is 12.8 Å². The lowest BCUT2D eigenvalue weighted by molar-refractivity contribution is 0.0991. The van der Waals surface area contributed by atoms with Gasteiger partial charge < -0.3 is 4.42 Å². The molecule has 1 amide bonds. The first-order valence-corrected chi connectivity index (χ1v) is 8.24. The van der Waals surface area contributed by atoms with Crippen LogP contribution in [0.3, 0.4) is 0 Å². The Balaban J connectivity index is 1.74. The van der Waals surface area contributed by atoms with Gasteiger partial charge in [0.1, 0.15) is 0 Å². The molecule has 0 atom stereocenters. The molecule has 3 rings (SSSR count). The van der Waals surface area contributed by atoms with Crippen molar-refractivity contribution in [3.05, 3.63) is 29.5 Å². The van der Waals surface area contributed by atoms with Gasteiger partial charge in [-0.25, -0.2) is 18.1 Å². The number of anilines is 1. The molecular formula is C11H11N3O4S2. The minimum absolute atomic E-state index is 0.0160. The third-order valence-electron chi connectivity index (χ3n) is 2.62. The average molecular weight is 313 g/mol. The van der Waals surface area contributed by atoms with E-state index in [1.54, 1.807) is 11.6 Å². The molecule has 2 aromatic rings. The molecule has 9 heteroatoms. The van der Waals surface area contributed by atoms with Crippen molar-refractivity contribution in [2.75, 3.05) is 5.32 Å². The molecule has 2 aromatic heterocycles. The zero-order valence-electron chi connectivity index (χ0n) is 10.2. The highest BCUT2D eigenvalue weighted by Gasteiger charge is 2.30. The van der Waals surface area contributed by atoms with Crippen LogP contribution >= 0.6 is 11.3 Å². The molecule has 20 heavy (non-hydrogen) atoms. The molecule has 1 aliphatic rings. The van der Waals surface area contributed by atoms with Gasteiger partial charge in [-0.1, -0.05) is 0 Å². The highest BCUT2D eigenvalue weighted by molar-refractivity contribution is 7.89. The molecule has 1 saturated carbocycles. The summed E-state index contributed by atoms with van der Waals surface area (Å²) < 4.78 is 31.4. The van der Waals surface area contributed by atoms with Gasteiger partial charge in [-0.05, 0) is 25.0 Å². The fourth-order valence-electron chi connectivity index (χ4n) is 1.51. The van der Waals surface area contributed by atoms with Crippen molar-refractivity contribution in [1.82, 2.24) is 9.71 Å². The van der Waals surface area contributed by atoms with Crippen LogP contribution in [0.4, 0.5) is 5.13 Å². The lowest BCUT2D eigenvalue weighted by atomic mass is 10.4. The monoisotopic (exact) mass is 313 g/mol. The van der Waals surface area contributed by atoms with Crippen molar-refractivity contribution in [3.8, 4) is 0 Å². The van der Waals surface area contributed by atoms with E-state index in [9.17, 15) is 13.2 Å². The molecule has 0 spiro atoms. The number of carbonyl (C=O) groups excluding carboxylic acids is 1. The molecule has 2 heterocycles. The van der Waals surface area contributed by atoms with Crippen LogP contribution in [0.1, 0.15) is 23.4 Å². The van der Waals surface area contributed by atoms with Crippen LogP contribution in [-0.4, -0.2) is 25.4 Å². The Kier molecular flexibility index (Phi) is 3.32. The topological polar surface area (TPSA) is 101 Å². The molecule has 0 radical (unpaired) electrons. The Hall–Kier alpha value is -1.71. The summed E-state index contributed by atoms with van der Waals surface area (Å²) in [6.45, 7) is 0. The number of hydrogen-bond acceptors (Lipinski definition) is 6. The van der Waals surface area contributed by atoms with Gasteiger partial charge in [-0.15, -0.1) is 11.3 Å². The number of furan rings is 1. The summed E-state index contributed by atoms with van der Waals surface area (Å²) in [5.41, 5.74) is 0. The Labute approximate surface area is 119 Å². The van der Waals surface area contributed by atoms with E-state index in [1.807, 2.05) is 0 Å².